The van der Waals surface area contributed by atoms with E-state index in [9.17, 15) is 4.79 Å². The van der Waals surface area contributed by atoms with Crippen molar-refractivity contribution >= 4 is 5.97 Å². The molecule has 1 aromatic heterocycles. The maximum absolute atomic E-state index is 11.0. The molecule has 1 heterocycles. The zero-order valence-electron chi connectivity index (χ0n) is 9.49. The third kappa shape index (κ3) is 3.27. The Bertz CT molecular complexity index is 344. The van der Waals surface area contributed by atoms with Crippen molar-refractivity contribution in [1.29, 1.82) is 0 Å². The first-order chi connectivity index (χ1) is 7.15. The van der Waals surface area contributed by atoms with Gasteiger partial charge in [0.15, 0.2) is 0 Å². The van der Waals surface area contributed by atoms with Crippen LogP contribution >= 0.6 is 0 Å². The number of carbonyl (C=O) groups excluding carboxylic acids is 1. The van der Waals surface area contributed by atoms with Gasteiger partial charge in [-0.15, -0.1) is 0 Å². The Hall–Kier alpha value is -1.51. The van der Waals surface area contributed by atoms with Gasteiger partial charge in [-0.1, -0.05) is 6.08 Å². The first kappa shape index (κ1) is 11.6. The summed E-state index contributed by atoms with van der Waals surface area (Å²) in [6.45, 7) is 7.01. The molecule has 0 atom stereocenters. The van der Waals surface area contributed by atoms with Crippen LogP contribution in [0.15, 0.2) is 24.3 Å². The molecule has 0 aliphatic carbocycles. The molecule has 0 aliphatic rings. The second kappa shape index (κ2) is 5.39. The van der Waals surface area contributed by atoms with Crippen molar-refractivity contribution in [2.24, 2.45) is 0 Å². The normalized spacial score (nSPS) is 10.9. The van der Waals surface area contributed by atoms with E-state index in [1.54, 1.807) is 13.0 Å². The molecule has 15 heavy (non-hydrogen) atoms. The molecule has 0 radical (unpaired) electrons. The van der Waals surface area contributed by atoms with E-state index in [0.29, 0.717) is 13.2 Å². The summed E-state index contributed by atoms with van der Waals surface area (Å²) in [5.74, 6) is -0.278. The number of ether oxygens (including phenoxy) is 1. The number of allylic oxidation sites excluding steroid dienone is 1. The minimum atomic E-state index is -0.278. The van der Waals surface area contributed by atoms with Gasteiger partial charge in [0.25, 0.3) is 0 Å². The third-order valence-corrected chi connectivity index (χ3v) is 2.28. The smallest absolute Gasteiger partial charge is 0.330 e. The largest absolute Gasteiger partial charge is 0.461 e. The summed E-state index contributed by atoms with van der Waals surface area (Å²) in [7, 11) is 0. The van der Waals surface area contributed by atoms with Crippen molar-refractivity contribution in [1.82, 2.24) is 4.57 Å². The van der Waals surface area contributed by atoms with Gasteiger partial charge in [0, 0.05) is 17.5 Å². The van der Waals surface area contributed by atoms with Gasteiger partial charge in [0.1, 0.15) is 6.61 Å². The van der Waals surface area contributed by atoms with Crippen LogP contribution in [0.2, 0.25) is 0 Å². The number of rotatable bonds is 4. The maximum atomic E-state index is 11.0. The molecular formula is C12H17NO2. The molecule has 0 spiro atoms. The molecule has 0 aliphatic heterocycles. The van der Waals surface area contributed by atoms with Crippen LogP contribution in [0.1, 0.15) is 18.3 Å². The summed E-state index contributed by atoms with van der Waals surface area (Å²) in [6.07, 6.45) is 3.10. The fraction of sp³-hybridized carbons (Fsp3) is 0.417. The van der Waals surface area contributed by atoms with Crippen LogP contribution in [0.4, 0.5) is 0 Å². The van der Waals surface area contributed by atoms with Gasteiger partial charge >= 0.3 is 5.97 Å². The van der Waals surface area contributed by atoms with Crippen LogP contribution in [-0.4, -0.2) is 17.1 Å². The third-order valence-electron chi connectivity index (χ3n) is 2.28. The lowest BCUT2D eigenvalue weighted by atomic mass is 10.5. The van der Waals surface area contributed by atoms with Crippen LogP contribution in [0, 0.1) is 13.8 Å². The predicted octanol–water partition coefficient (Wildman–Crippen LogP) is 2.22. The molecule has 1 rings (SSSR count). The molecule has 0 amide bonds. The predicted molar refractivity (Wildman–Crippen MR) is 59.7 cm³/mol. The number of esters is 1. The Morgan fingerprint density at radius 3 is 2.53 bits per heavy atom. The molecule has 0 fully saturated rings. The quantitative estimate of drug-likeness (QED) is 0.560. The molecular weight excluding hydrogens is 190 g/mol. The molecule has 1 aromatic rings. The highest BCUT2D eigenvalue weighted by Crippen LogP contribution is 2.06. The van der Waals surface area contributed by atoms with Gasteiger partial charge in [-0.2, -0.15) is 0 Å². The second-order valence-electron chi connectivity index (χ2n) is 3.44. The Morgan fingerprint density at radius 1 is 1.40 bits per heavy atom. The molecule has 0 N–H and O–H groups in total. The van der Waals surface area contributed by atoms with Crippen molar-refractivity contribution in [3.8, 4) is 0 Å². The summed E-state index contributed by atoms with van der Waals surface area (Å²) < 4.78 is 7.15. The van der Waals surface area contributed by atoms with Crippen LogP contribution in [0.5, 0.6) is 0 Å². The van der Waals surface area contributed by atoms with Gasteiger partial charge in [-0.3, -0.25) is 0 Å². The van der Waals surface area contributed by atoms with Gasteiger partial charge in [-0.25, -0.2) is 4.79 Å². The fourth-order valence-corrected chi connectivity index (χ4v) is 1.47. The number of aromatic nitrogens is 1. The molecule has 0 bridgehead atoms. The molecule has 0 aromatic carbocycles. The number of hydrogen-bond acceptors (Lipinski definition) is 2. The highest BCUT2D eigenvalue weighted by atomic mass is 16.5. The average molecular weight is 207 g/mol. The molecule has 0 saturated carbocycles. The SMILES string of the molecule is C/C=C/C(=O)OCCn1c(C)ccc1C. The van der Waals surface area contributed by atoms with E-state index < -0.39 is 0 Å². The fourth-order valence-electron chi connectivity index (χ4n) is 1.47. The minimum Gasteiger partial charge on any atom is -0.461 e. The first-order valence-corrected chi connectivity index (χ1v) is 5.07. The summed E-state index contributed by atoms with van der Waals surface area (Å²) >= 11 is 0. The number of hydrogen-bond donors (Lipinski definition) is 0. The Kier molecular flexibility index (Phi) is 4.16. The summed E-state index contributed by atoms with van der Waals surface area (Å²) in [5.41, 5.74) is 2.38. The molecule has 0 unspecified atom stereocenters. The Morgan fingerprint density at radius 2 is 2.00 bits per heavy atom. The van der Waals surface area contributed by atoms with Crippen molar-refractivity contribution in [2.75, 3.05) is 6.61 Å². The monoisotopic (exact) mass is 207 g/mol. The first-order valence-electron chi connectivity index (χ1n) is 5.07. The highest BCUT2D eigenvalue weighted by Gasteiger charge is 2.01. The number of carbonyl (C=O) groups is 1. The molecule has 3 nitrogen and oxygen atoms in total. The Labute approximate surface area is 90.4 Å². The number of aryl methyl sites for hydroxylation is 2. The van der Waals surface area contributed by atoms with Crippen LogP contribution in [0.25, 0.3) is 0 Å². The molecule has 82 valence electrons. The van der Waals surface area contributed by atoms with Gasteiger partial charge < -0.3 is 9.30 Å². The van der Waals surface area contributed by atoms with Crippen molar-refractivity contribution in [3.05, 3.63) is 35.7 Å². The van der Waals surface area contributed by atoms with E-state index in [2.05, 4.69) is 16.7 Å². The van der Waals surface area contributed by atoms with Crippen molar-refractivity contribution in [3.63, 3.8) is 0 Å². The van der Waals surface area contributed by atoms with Crippen molar-refractivity contribution < 1.29 is 9.53 Å². The lowest BCUT2D eigenvalue weighted by molar-refractivity contribution is -0.138. The highest BCUT2D eigenvalue weighted by molar-refractivity contribution is 5.81. The van der Waals surface area contributed by atoms with E-state index in [4.69, 9.17) is 4.74 Å². The summed E-state index contributed by atoms with van der Waals surface area (Å²) in [4.78, 5) is 11.0. The summed E-state index contributed by atoms with van der Waals surface area (Å²) in [5, 5.41) is 0. The average Bonchev–Trinajstić information content (AvgIpc) is 2.49. The molecule has 0 saturated heterocycles. The van der Waals surface area contributed by atoms with E-state index in [0.717, 1.165) is 0 Å². The van der Waals surface area contributed by atoms with Crippen LogP contribution in [0.3, 0.4) is 0 Å². The van der Waals surface area contributed by atoms with Gasteiger partial charge in [0.05, 0.1) is 6.54 Å². The van der Waals surface area contributed by atoms with Crippen LogP contribution in [-0.2, 0) is 16.1 Å². The van der Waals surface area contributed by atoms with Gasteiger partial charge in [-0.05, 0) is 32.9 Å². The number of nitrogens with zero attached hydrogens (tertiary/aromatic N) is 1. The molecule has 3 heteroatoms. The maximum Gasteiger partial charge on any atom is 0.330 e. The van der Waals surface area contributed by atoms with Crippen LogP contribution < -0.4 is 0 Å². The Balaban J connectivity index is 2.41. The zero-order chi connectivity index (χ0) is 11.3. The minimum absolute atomic E-state index is 0.278. The van der Waals surface area contributed by atoms with Gasteiger partial charge in [0.2, 0.25) is 0 Å². The van der Waals surface area contributed by atoms with E-state index in [1.807, 2.05) is 13.8 Å². The topological polar surface area (TPSA) is 31.2 Å². The van der Waals surface area contributed by atoms with E-state index >= 15 is 0 Å². The second-order valence-corrected chi connectivity index (χ2v) is 3.44. The van der Waals surface area contributed by atoms with Crippen molar-refractivity contribution in [2.45, 2.75) is 27.3 Å². The lowest BCUT2D eigenvalue weighted by Crippen LogP contribution is -2.11. The standard InChI is InChI=1S/C12H17NO2/c1-4-5-12(14)15-9-8-13-10(2)6-7-11(13)3/h4-7H,8-9H2,1-3H3/b5-4+. The van der Waals surface area contributed by atoms with E-state index in [1.165, 1.54) is 17.5 Å². The lowest BCUT2D eigenvalue weighted by Gasteiger charge is -2.08. The zero-order valence-corrected chi connectivity index (χ0v) is 9.49. The summed E-state index contributed by atoms with van der Waals surface area (Å²) in [6, 6.07) is 4.12. The van der Waals surface area contributed by atoms with E-state index in [-0.39, 0.29) is 5.97 Å².